The number of nitrogens with zero attached hydrogens (tertiary/aromatic N) is 2. The number of hydrogen-bond donors (Lipinski definition) is 1. The second kappa shape index (κ2) is 5.56. The maximum Gasteiger partial charge on any atom is 0.217 e. The highest BCUT2D eigenvalue weighted by Gasteiger charge is 2.19. The molecule has 0 aliphatic heterocycles. The lowest BCUT2D eigenvalue weighted by atomic mass is 10.1. The molecule has 19 heavy (non-hydrogen) atoms. The second-order valence-corrected chi connectivity index (χ2v) is 4.31. The second-order valence-electron chi connectivity index (χ2n) is 4.31. The maximum atomic E-state index is 11.4. The lowest BCUT2D eigenvalue weighted by Gasteiger charge is -2.18. The summed E-state index contributed by atoms with van der Waals surface area (Å²) in [5.41, 5.74) is 0.934. The van der Waals surface area contributed by atoms with Crippen LogP contribution < -0.4 is 10.1 Å². The summed E-state index contributed by atoms with van der Waals surface area (Å²) in [5.74, 6) is 1.43. The zero-order chi connectivity index (χ0) is 13.8. The molecular weight excluding hydrogens is 242 g/mol. The van der Waals surface area contributed by atoms with Crippen molar-refractivity contribution in [2.75, 3.05) is 7.11 Å². The number of hydrogen-bond acceptors (Lipinski definition) is 3. The summed E-state index contributed by atoms with van der Waals surface area (Å²) in [6, 6.07) is 7.32. The SMILES string of the molecule is COc1cccc(C(NC(C)=O)c2nccn2C)c1. The van der Waals surface area contributed by atoms with Gasteiger partial charge in [0.05, 0.1) is 7.11 Å². The van der Waals surface area contributed by atoms with Crippen LogP contribution in [0.1, 0.15) is 24.4 Å². The number of carbonyl (C=O) groups is 1. The lowest BCUT2D eigenvalue weighted by molar-refractivity contribution is -0.119. The van der Waals surface area contributed by atoms with Gasteiger partial charge in [0.15, 0.2) is 0 Å². The smallest absolute Gasteiger partial charge is 0.217 e. The lowest BCUT2D eigenvalue weighted by Crippen LogP contribution is -2.29. The molecule has 1 aromatic heterocycles. The molecule has 1 unspecified atom stereocenters. The topological polar surface area (TPSA) is 56.1 Å². The van der Waals surface area contributed by atoms with Gasteiger partial charge in [-0.05, 0) is 17.7 Å². The van der Waals surface area contributed by atoms with Gasteiger partial charge < -0.3 is 14.6 Å². The van der Waals surface area contributed by atoms with Crippen LogP contribution in [0.3, 0.4) is 0 Å². The van der Waals surface area contributed by atoms with Gasteiger partial charge in [-0.3, -0.25) is 4.79 Å². The summed E-state index contributed by atoms with van der Waals surface area (Å²) in [7, 11) is 3.52. The molecule has 0 bridgehead atoms. The highest BCUT2D eigenvalue weighted by molar-refractivity contribution is 5.73. The number of aromatic nitrogens is 2. The first-order chi connectivity index (χ1) is 9.11. The van der Waals surface area contributed by atoms with E-state index >= 15 is 0 Å². The molecule has 2 rings (SSSR count). The number of amides is 1. The van der Waals surface area contributed by atoms with E-state index in [-0.39, 0.29) is 11.9 Å². The number of nitrogens with one attached hydrogen (secondary N) is 1. The molecule has 0 aliphatic carbocycles. The van der Waals surface area contributed by atoms with Gasteiger partial charge in [0, 0.05) is 26.4 Å². The Morgan fingerprint density at radius 2 is 2.26 bits per heavy atom. The van der Waals surface area contributed by atoms with E-state index in [0.717, 1.165) is 17.1 Å². The van der Waals surface area contributed by atoms with Crippen molar-refractivity contribution in [3.8, 4) is 5.75 Å². The van der Waals surface area contributed by atoms with Crippen molar-refractivity contribution < 1.29 is 9.53 Å². The van der Waals surface area contributed by atoms with Gasteiger partial charge in [-0.1, -0.05) is 12.1 Å². The Balaban J connectivity index is 2.42. The molecule has 1 atom stereocenters. The predicted molar refractivity (Wildman–Crippen MR) is 71.9 cm³/mol. The Kier molecular flexibility index (Phi) is 3.85. The Hall–Kier alpha value is -2.30. The normalized spacial score (nSPS) is 11.9. The minimum atomic E-state index is -0.285. The first-order valence-electron chi connectivity index (χ1n) is 6.00. The fraction of sp³-hybridized carbons (Fsp3) is 0.286. The molecule has 0 aliphatic rings. The number of benzene rings is 1. The van der Waals surface area contributed by atoms with Gasteiger partial charge in [-0.2, -0.15) is 0 Å². The van der Waals surface area contributed by atoms with Crippen molar-refractivity contribution in [2.45, 2.75) is 13.0 Å². The van der Waals surface area contributed by atoms with Crippen molar-refractivity contribution in [1.29, 1.82) is 0 Å². The fourth-order valence-electron chi connectivity index (χ4n) is 1.98. The number of rotatable bonds is 4. The fourth-order valence-corrected chi connectivity index (χ4v) is 1.98. The van der Waals surface area contributed by atoms with E-state index < -0.39 is 0 Å². The van der Waals surface area contributed by atoms with Crippen molar-refractivity contribution in [2.24, 2.45) is 7.05 Å². The predicted octanol–water partition coefficient (Wildman–Crippen LogP) is 1.65. The van der Waals surface area contributed by atoms with Crippen LogP contribution in [0.25, 0.3) is 0 Å². The molecule has 1 aromatic carbocycles. The summed E-state index contributed by atoms with van der Waals surface area (Å²) in [6.45, 7) is 1.50. The Morgan fingerprint density at radius 3 is 2.84 bits per heavy atom. The molecule has 0 saturated carbocycles. The zero-order valence-corrected chi connectivity index (χ0v) is 11.3. The number of carbonyl (C=O) groups excluding carboxylic acids is 1. The summed E-state index contributed by atoms with van der Waals surface area (Å²) in [6.07, 6.45) is 3.56. The summed E-state index contributed by atoms with van der Waals surface area (Å²) in [4.78, 5) is 15.7. The molecule has 100 valence electrons. The van der Waals surface area contributed by atoms with Crippen LogP contribution in [0.15, 0.2) is 36.7 Å². The van der Waals surface area contributed by atoms with E-state index in [9.17, 15) is 4.79 Å². The van der Waals surface area contributed by atoms with E-state index in [1.165, 1.54) is 6.92 Å². The van der Waals surface area contributed by atoms with Crippen molar-refractivity contribution in [3.05, 3.63) is 48.0 Å². The third-order valence-electron chi connectivity index (χ3n) is 2.89. The van der Waals surface area contributed by atoms with Gasteiger partial charge in [-0.25, -0.2) is 4.98 Å². The summed E-state index contributed by atoms with van der Waals surface area (Å²) >= 11 is 0. The van der Waals surface area contributed by atoms with Crippen molar-refractivity contribution in [1.82, 2.24) is 14.9 Å². The van der Waals surface area contributed by atoms with Crippen LogP contribution in [0.5, 0.6) is 5.75 Å². The molecular formula is C14H17N3O2. The number of aryl methyl sites for hydroxylation is 1. The standard InChI is InChI=1S/C14H17N3O2/c1-10(18)16-13(14-15-7-8-17(14)2)11-5-4-6-12(9-11)19-3/h4-9,13H,1-3H3,(H,16,18). The largest absolute Gasteiger partial charge is 0.497 e. The summed E-state index contributed by atoms with van der Waals surface area (Å²) in [5, 5.41) is 2.91. The van der Waals surface area contributed by atoms with Crippen LogP contribution in [0.2, 0.25) is 0 Å². The van der Waals surface area contributed by atoms with E-state index in [2.05, 4.69) is 10.3 Å². The number of ether oxygens (including phenoxy) is 1. The van der Waals surface area contributed by atoms with E-state index in [4.69, 9.17) is 4.74 Å². The van der Waals surface area contributed by atoms with Crippen molar-refractivity contribution in [3.63, 3.8) is 0 Å². The first kappa shape index (κ1) is 13.1. The highest BCUT2D eigenvalue weighted by atomic mass is 16.5. The van der Waals surface area contributed by atoms with Gasteiger partial charge in [-0.15, -0.1) is 0 Å². The Labute approximate surface area is 112 Å². The highest BCUT2D eigenvalue weighted by Crippen LogP contribution is 2.23. The molecule has 0 radical (unpaired) electrons. The van der Waals surface area contributed by atoms with Crippen molar-refractivity contribution >= 4 is 5.91 Å². The molecule has 1 amide bonds. The minimum Gasteiger partial charge on any atom is -0.497 e. The molecule has 5 nitrogen and oxygen atoms in total. The molecule has 5 heteroatoms. The number of imidazole rings is 1. The molecule has 0 fully saturated rings. The quantitative estimate of drug-likeness (QED) is 0.908. The molecule has 1 N–H and O–H groups in total. The molecule has 0 saturated heterocycles. The van der Waals surface area contributed by atoms with Gasteiger partial charge in [0.25, 0.3) is 0 Å². The van der Waals surface area contributed by atoms with Crippen LogP contribution in [-0.2, 0) is 11.8 Å². The van der Waals surface area contributed by atoms with Gasteiger partial charge in [0.2, 0.25) is 5.91 Å². The minimum absolute atomic E-state index is 0.101. The van der Waals surface area contributed by atoms with Crippen LogP contribution >= 0.6 is 0 Å². The van der Waals surface area contributed by atoms with E-state index in [1.807, 2.05) is 42.1 Å². The van der Waals surface area contributed by atoms with E-state index in [0.29, 0.717) is 0 Å². The number of methoxy groups -OCH3 is 1. The molecule has 1 heterocycles. The van der Waals surface area contributed by atoms with Crippen LogP contribution in [-0.4, -0.2) is 22.6 Å². The monoisotopic (exact) mass is 259 g/mol. The van der Waals surface area contributed by atoms with Crippen LogP contribution in [0, 0.1) is 0 Å². The zero-order valence-electron chi connectivity index (χ0n) is 11.3. The first-order valence-corrected chi connectivity index (χ1v) is 6.00. The summed E-state index contributed by atoms with van der Waals surface area (Å²) < 4.78 is 7.11. The third kappa shape index (κ3) is 2.93. The van der Waals surface area contributed by atoms with E-state index in [1.54, 1.807) is 13.3 Å². The molecule has 0 spiro atoms. The Morgan fingerprint density at radius 1 is 1.47 bits per heavy atom. The van der Waals surface area contributed by atoms with Gasteiger partial charge >= 0.3 is 0 Å². The molecule has 2 aromatic rings. The Bertz CT molecular complexity index is 578. The average Bonchev–Trinajstić information content (AvgIpc) is 2.82. The maximum absolute atomic E-state index is 11.4. The average molecular weight is 259 g/mol. The van der Waals surface area contributed by atoms with Crippen LogP contribution in [0.4, 0.5) is 0 Å². The third-order valence-corrected chi connectivity index (χ3v) is 2.89. The van der Waals surface area contributed by atoms with Gasteiger partial charge in [0.1, 0.15) is 17.6 Å².